The fraction of sp³-hybridized carbons (Fsp3) is 0.190. The number of halogens is 1. The van der Waals surface area contributed by atoms with E-state index in [1.165, 1.54) is 13.2 Å². The summed E-state index contributed by atoms with van der Waals surface area (Å²) < 4.78 is 15.6. The Morgan fingerprint density at radius 1 is 1.21 bits per heavy atom. The van der Waals surface area contributed by atoms with E-state index >= 15 is 0 Å². The molecule has 2 aromatic carbocycles. The number of nitriles is 1. The Morgan fingerprint density at radius 2 is 1.97 bits per heavy atom. The lowest BCUT2D eigenvalue weighted by atomic mass is 10.1. The van der Waals surface area contributed by atoms with Gasteiger partial charge in [0.15, 0.2) is 18.1 Å². The number of esters is 1. The fourth-order valence-corrected chi connectivity index (χ4v) is 2.48. The summed E-state index contributed by atoms with van der Waals surface area (Å²) in [5, 5.41) is 12.2. The highest BCUT2D eigenvalue weighted by molar-refractivity contribution is 6.33. The highest BCUT2D eigenvalue weighted by atomic mass is 35.5. The number of nitrogens with zero attached hydrogens (tertiary/aromatic N) is 1. The minimum atomic E-state index is -0.703. The number of para-hydroxylation sites is 1. The zero-order chi connectivity index (χ0) is 21.2. The lowest BCUT2D eigenvalue weighted by Gasteiger charge is -2.12. The molecule has 0 saturated heterocycles. The minimum Gasteiger partial charge on any atom is -0.493 e. The van der Waals surface area contributed by atoms with Crippen LogP contribution in [0.5, 0.6) is 11.5 Å². The summed E-state index contributed by atoms with van der Waals surface area (Å²) in [7, 11) is 1.44. The number of hydrogen-bond donors (Lipinski definition) is 1. The first-order valence-electron chi connectivity index (χ1n) is 8.62. The quantitative estimate of drug-likeness (QED) is 0.400. The molecule has 0 atom stereocenters. The van der Waals surface area contributed by atoms with Crippen LogP contribution in [0.4, 0.5) is 5.69 Å². The van der Waals surface area contributed by atoms with Crippen LogP contribution in [0.15, 0.2) is 48.0 Å². The Morgan fingerprint density at radius 3 is 2.62 bits per heavy atom. The van der Waals surface area contributed by atoms with E-state index in [2.05, 4.69) is 5.32 Å². The van der Waals surface area contributed by atoms with Crippen LogP contribution in [-0.2, 0) is 14.3 Å². The van der Waals surface area contributed by atoms with Gasteiger partial charge in [0, 0.05) is 0 Å². The van der Waals surface area contributed by atoms with Gasteiger partial charge in [-0.25, -0.2) is 4.79 Å². The number of rotatable bonds is 8. The van der Waals surface area contributed by atoms with Gasteiger partial charge in [0.05, 0.1) is 24.4 Å². The zero-order valence-electron chi connectivity index (χ0n) is 15.9. The van der Waals surface area contributed by atoms with Gasteiger partial charge in [-0.2, -0.15) is 5.26 Å². The van der Waals surface area contributed by atoms with E-state index in [9.17, 15) is 9.59 Å². The average Bonchev–Trinajstić information content (AvgIpc) is 2.72. The standard InChI is InChI=1S/C21H19ClN2O5/c1-3-28-21(26)15(12-23)10-14-8-9-18(19(11-14)27-2)29-13-20(25)24-17-7-5-4-6-16(17)22/h4-11H,3,13H2,1-2H3,(H,24,25). The molecule has 0 spiro atoms. The van der Waals surface area contributed by atoms with Crippen LogP contribution < -0.4 is 14.8 Å². The highest BCUT2D eigenvalue weighted by Gasteiger charge is 2.12. The highest BCUT2D eigenvalue weighted by Crippen LogP contribution is 2.29. The molecule has 2 aromatic rings. The van der Waals surface area contributed by atoms with Crippen molar-refractivity contribution in [3.05, 3.63) is 58.6 Å². The molecule has 0 aliphatic heterocycles. The van der Waals surface area contributed by atoms with Gasteiger partial charge in [0.1, 0.15) is 11.6 Å². The SMILES string of the molecule is CCOC(=O)C(C#N)=Cc1ccc(OCC(=O)Nc2ccccc2Cl)c(OC)c1. The predicted molar refractivity (Wildman–Crippen MR) is 109 cm³/mol. The van der Waals surface area contributed by atoms with E-state index in [-0.39, 0.29) is 18.8 Å². The third-order valence-electron chi connectivity index (χ3n) is 3.62. The van der Waals surface area contributed by atoms with Crippen molar-refractivity contribution >= 4 is 35.2 Å². The molecule has 0 aliphatic carbocycles. The number of benzene rings is 2. The lowest BCUT2D eigenvalue weighted by Crippen LogP contribution is -2.20. The number of methoxy groups -OCH3 is 1. The molecule has 0 aromatic heterocycles. The van der Waals surface area contributed by atoms with E-state index < -0.39 is 11.9 Å². The van der Waals surface area contributed by atoms with Crippen LogP contribution in [0.25, 0.3) is 6.08 Å². The van der Waals surface area contributed by atoms with Gasteiger partial charge in [-0.15, -0.1) is 0 Å². The van der Waals surface area contributed by atoms with Crippen molar-refractivity contribution in [2.45, 2.75) is 6.92 Å². The number of carbonyl (C=O) groups is 2. The molecule has 7 nitrogen and oxygen atoms in total. The molecule has 0 aliphatic rings. The molecule has 0 bridgehead atoms. The van der Waals surface area contributed by atoms with E-state index in [1.54, 1.807) is 55.5 Å². The van der Waals surface area contributed by atoms with Crippen LogP contribution in [0, 0.1) is 11.3 Å². The summed E-state index contributed by atoms with van der Waals surface area (Å²) in [6, 6.07) is 13.4. The van der Waals surface area contributed by atoms with E-state index in [0.29, 0.717) is 27.8 Å². The Kier molecular flexibility index (Phi) is 8.07. The molecule has 8 heteroatoms. The normalized spacial score (nSPS) is 10.6. The maximum absolute atomic E-state index is 12.1. The molecular formula is C21H19ClN2O5. The number of nitrogens with one attached hydrogen (secondary N) is 1. The smallest absolute Gasteiger partial charge is 0.348 e. The van der Waals surface area contributed by atoms with Gasteiger partial charge in [0.2, 0.25) is 0 Å². The van der Waals surface area contributed by atoms with E-state index in [4.69, 9.17) is 31.1 Å². The third kappa shape index (κ3) is 6.26. The maximum atomic E-state index is 12.1. The topological polar surface area (TPSA) is 97.7 Å². The summed E-state index contributed by atoms with van der Waals surface area (Å²) in [6.45, 7) is 1.57. The van der Waals surface area contributed by atoms with Crippen LogP contribution in [0.2, 0.25) is 5.02 Å². The summed E-state index contributed by atoms with van der Waals surface area (Å²) in [5.41, 5.74) is 0.888. The second-order valence-electron chi connectivity index (χ2n) is 5.62. The number of anilines is 1. The molecule has 0 radical (unpaired) electrons. The summed E-state index contributed by atoms with van der Waals surface area (Å²) in [6.07, 6.45) is 1.38. The van der Waals surface area contributed by atoms with Crippen molar-refractivity contribution in [1.29, 1.82) is 5.26 Å². The number of amides is 1. The lowest BCUT2D eigenvalue weighted by molar-refractivity contribution is -0.137. The first-order valence-corrected chi connectivity index (χ1v) is 9.00. The molecule has 1 N–H and O–H groups in total. The molecule has 0 fully saturated rings. The van der Waals surface area contributed by atoms with Crippen LogP contribution in [0.1, 0.15) is 12.5 Å². The van der Waals surface area contributed by atoms with Crippen molar-refractivity contribution < 1.29 is 23.8 Å². The summed E-state index contributed by atoms with van der Waals surface area (Å²) in [4.78, 5) is 23.8. The van der Waals surface area contributed by atoms with Gasteiger partial charge in [-0.05, 0) is 42.8 Å². The van der Waals surface area contributed by atoms with Gasteiger partial charge >= 0.3 is 5.97 Å². The van der Waals surface area contributed by atoms with Gasteiger partial charge < -0.3 is 19.5 Å². The van der Waals surface area contributed by atoms with Gasteiger partial charge in [-0.1, -0.05) is 29.8 Å². The second-order valence-corrected chi connectivity index (χ2v) is 6.02. The largest absolute Gasteiger partial charge is 0.493 e. The summed E-state index contributed by atoms with van der Waals surface area (Å²) >= 11 is 6.01. The first kappa shape index (κ1) is 21.8. The molecule has 0 heterocycles. The Hall–Kier alpha value is -3.50. The molecule has 1 amide bonds. The van der Waals surface area contributed by atoms with E-state index in [0.717, 1.165) is 0 Å². The van der Waals surface area contributed by atoms with Crippen molar-refractivity contribution in [3.8, 4) is 17.6 Å². The van der Waals surface area contributed by atoms with Gasteiger partial charge in [-0.3, -0.25) is 4.79 Å². The second kappa shape index (κ2) is 10.7. The van der Waals surface area contributed by atoms with Crippen molar-refractivity contribution in [1.82, 2.24) is 0 Å². The van der Waals surface area contributed by atoms with E-state index in [1.807, 2.05) is 0 Å². The van der Waals surface area contributed by atoms with Crippen molar-refractivity contribution in [3.63, 3.8) is 0 Å². The van der Waals surface area contributed by atoms with Crippen molar-refractivity contribution in [2.75, 3.05) is 25.6 Å². The number of carbonyl (C=O) groups excluding carboxylic acids is 2. The zero-order valence-corrected chi connectivity index (χ0v) is 16.7. The van der Waals surface area contributed by atoms with Crippen molar-refractivity contribution in [2.24, 2.45) is 0 Å². The first-order chi connectivity index (χ1) is 14.0. The molecule has 150 valence electrons. The Bertz CT molecular complexity index is 966. The third-order valence-corrected chi connectivity index (χ3v) is 3.95. The van der Waals surface area contributed by atoms with Gasteiger partial charge in [0.25, 0.3) is 5.91 Å². The monoisotopic (exact) mass is 414 g/mol. The van der Waals surface area contributed by atoms with Crippen LogP contribution in [0.3, 0.4) is 0 Å². The fourth-order valence-electron chi connectivity index (χ4n) is 2.30. The minimum absolute atomic E-state index is 0.137. The molecule has 2 rings (SSSR count). The summed E-state index contributed by atoms with van der Waals surface area (Å²) in [5.74, 6) is -0.428. The molecular weight excluding hydrogens is 396 g/mol. The maximum Gasteiger partial charge on any atom is 0.348 e. The van der Waals surface area contributed by atoms with Crippen LogP contribution in [-0.4, -0.2) is 32.2 Å². The number of ether oxygens (including phenoxy) is 3. The predicted octanol–water partition coefficient (Wildman–Crippen LogP) is 3.84. The van der Waals surface area contributed by atoms with Crippen LogP contribution >= 0.6 is 11.6 Å². The number of hydrogen-bond acceptors (Lipinski definition) is 6. The molecule has 0 unspecified atom stereocenters. The Labute approximate surface area is 173 Å². The molecule has 0 saturated carbocycles. The molecule has 29 heavy (non-hydrogen) atoms. The Balaban J connectivity index is 2.09. The average molecular weight is 415 g/mol.